The highest BCUT2D eigenvalue weighted by Crippen LogP contribution is 2.34. The van der Waals surface area contributed by atoms with E-state index in [9.17, 15) is 0 Å². The second-order valence-electron chi connectivity index (χ2n) is 5.80. The summed E-state index contributed by atoms with van der Waals surface area (Å²) in [6, 6.07) is 4.25. The first-order valence-corrected chi connectivity index (χ1v) is 6.80. The van der Waals surface area contributed by atoms with Gasteiger partial charge in [-0.2, -0.15) is 0 Å². The van der Waals surface area contributed by atoms with Crippen molar-refractivity contribution in [2.45, 2.75) is 52.5 Å². The average molecular weight is 232 g/mol. The molecule has 1 aromatic rings. The third-order valence-electron chi connectivity index (χ3n) is 3.89. The van der Waals surface area contributed by atoms with E-state index >= 15 is 0 Å². The van der Waals surface area contributed by atoms with E-state index in [1.165, 1.54) is 37.7 Å². The summed E-state index contributed by atoms with van der Waals surface area (Å²) in [4.78, 5) is 4.42. The van der Waals surface area contributed by atoms with Crippen LogP contribution in [0.4, 0.5) is 0 Å². The van der Waals surface area contributed by atoms with Crippen LogP contribution in [-0.2, 0) is 6.54 Å². The fraction of sp³-hybridized carbons (Fsp3) is 0.667. The van der Waals surface area contributed by atoms with E-state index in [0.29, 0.717) is 5.41 Å². The van der Waals surface area contributed by atoms with E-state index < -0.39 is 0 Å². The number of nitrogens with zero attached hydrogens (tertiary/aromatic N) is 1. The van der Waals surface area contributed by atoms with Gasteiger partial charge in [0.15, 0.2) is 0 Å². The summed E-state index contributed by atoms with van der Waals surface area (Å²) in [5, 5.41) is 3.57. The van der Waals surface area contributed by atoms with Crippen LogP contribution in [0.2, 0.25) is 0 Å². The molecule has 0 radical (unpaired) electrons. The lowest BCUT2D eigenvalue weighted by atomic mass is 9.76. The summed E-state index contributed by atoms with van der Waals surface area (Å²) < 4.78 is 0. The molecule has 1 aromatic heterocycles. The lowest BCUT2D eigenvalue weighted by Crippen LogP contribution is -2.33. The van der Waals surface area contributed by atoms with E-state index in [-0.39, 0.29) is 0 Å². The molecule has 17 heavy (non-hydrogen) atoms. The number of aromatic nitrogens is 1. The maximum absolute atomic E-state index is 4.42. The number of hydrogen-bond acceptors (Lipinski definition) is 2. The van der Waals surface area contributed by atoms with Gasteiger partial charge >= 0.3 is 0 Å². The molecule has 0 spiro atoms. The minimum absolute atomic E-state index is 0.517. The van der Waals surface area contributed by atoms with Crippen LogP contribution in [0.3, 0.4) is 0 Å². The first kappa shape index (κ1) is 12.6. The summed E-state index contributed by atoms with van der Waals surface area (Å²) in [5.74, 6) is 0. The van der Waals surface area contributed by atoms with Crippen molar-refractivity contribution >= 4 is 0 Å². The summed E-state index contributed by atoms with van der Waals surface area (Å²) in [6.45, 7) is 6.52. The van der Waals surface area contributed by atoms with Gasteiger partial charge in [-0.25, -0.2) is 0 Å². The molecule has 0 aromatic carbocycles. The third-order valence-corrected chi connectivity index (χ3v) is 3.89. The van der Waals surface area contributed by atoms with Gasteiger partial charge in [0, 0.05) is 19.3 Å². The van der Waals surface area contributed by atoms with Crippen molar-refractivity contribution in [3.05, 3.63) is 29.6 Å². The normalized spacial score (nSPS) is 19.2. The molecule has 1 aliphatic rings. The molecule has 0 amide bonds. The van der Waals surface area contributed by atoms with Crippen molar-refractivity contribution in [1.29, 1.82) is 0 Å². The van der Waals surface area contributed by atoms with Crippen LogP contribution >= 0.6 is 0 Å². The van der Waals surface area contributed by atoms with E-state index in [0.717, 1.165) is 18.8 Å². The molecule has 0 atom stereocenters. The summed E-state index contributed by atoms with van der Waals surface area (Å²) >= 11 is 0. The Hall–Kier alpha value is -0.890. The SMILES string of the molecule is Cc1ccc(CNCC2(C)CCCCC2)nc1. The zero-order valence-electron chi connectivity index (χ0n) is 11.1. The minimum atomic E-state index is 0.517. The maximum atomic E-state index is 4.42. The molecular formula is C15H24N2. The van der Waals surface area contributed by atoms with E-state index in [1.807, 2.05) is 6.20 Å². The Morgan fingerprint density at radius 1 is 1.24 bits per heavy atom. The summed E-state index contributed by atoms with van der Waals surface area (Å²) in [6.07, 6.45) is 8.93. The minimum Gasteiger partial charge on any atom is -0.311 e. The molecule has 1 N–H and O–H groups in total. The molecule has 94 valence electrons. The lowest BCUT2D eigenvalue weighted by Gasteiger charge is -2.33. The van der Waals surface area contributed by atoms with Gasteiger partial charge in [-0.1, -0.05) is 32.3 Å². The van der Waals surface area contributed by atoms with Gasteiger partial charge in [0.1, 0.15) is 0 Å². The van der Waals surface area contributed by atoms with Crippen LogP contribution in [-0.4, -0.2) is 11.5 Å². The smallest absolute Gasteiger partial charge is 0.0541 e. The Morgan fingerprint density at radius 3 is 2.65 bits per heavy atom. The van der Waals surface area contributed by atoms with Crippen molar-refractivity contribution in [2.24, 2.45) is 5.41 Å². The zero-order valence-corrected chi connectivity index (χ0v) is 11.1. The topological polar surface area (TPSA) is 24.9 Å². The van der Waals surface area contributed by atoms with Crippen molar-refractivity contribution in [2.75, 3.05) is 6.54 Å². The van der Waals surface area contributed by atoms with Gasteiger partial charge in [-0.3, -0.25) is 4.98 Å². The molecule has 2 nitrogen and oxygen atoms in total. The van der Waals surface area contributed by atoms with Gasteiger partial charge in [0.05, 0.1) is 5.69 Å². The van der Waals surface area contributed by atoms with E-state index in [4.69, 9.17) is 0 Å². The third kappa shape index (κ3) is 3.81. The van der Waals surface area contributed by atoms with Gasteiger partial charge in [-0.05, 0) is 36.8 Å². The van der Waals surface area contributed by atoms with Crippen molar-refractivity contribution in [3.8, 4) is 0 Å². The fourth-order valence-electron chi connectivity index (χ4n) is 2.68. The van der Waals surface area contributed by atoms with Crippen molar-refractivity contribution < 1.29 is 0 Å². The fourth-order valence-corrected chi connectivity index (χ4v) is 2.68. The highest BCUT2D eigenvalue weighted by Gasteiger charge is 2.25. The Morgan fingerprint density at radius 2 is 2.00 bits per heavy atom. The van der Waals surface area contributed by atoms with Crippen LogP contribution in [0.5, 0.6) is 0 Å². The average Bonchev–Trinajstić information content (AvgIpc) is 2.32. The Labute approximate surface area is 105 Å². The standard InChI is InChI=1S/C15H24N2/c1-13-6-7-14(17-10-13)11-16-12-15(2)8-4-3-5-9-15/h6-7,10,16H,3-5,8-9,11-12H2,1-2H3. The van der Waals surface area contributed by atoms with Gasteiger partial charge in [0.2, 0.25) is 0 Å². The number of hydrogen-bond donors (Lipinski definition) is 1. The quantitative estimate of drug-likeness (QED) is 0.860. The summed E-state index contributed by atoms with van der Waals surface area (Å²) in [7, 11) is 0. The number of pyridine rings is 1. The van der Waals surface area contributed by atoms with Crippen LogP contribution in [0, 0.1) is 12.3 Å². The van der Waals surface area contributed by atoms with Gasteiger partial charge in [0.25, 0.3) is 0 Å². The number of rotatable bonds is 4. The molecule has 1 fully saturated rings. The number of nitrogens with one attached hydrogen (secondary N) is 1. The predicted octanol–water partition coefficient (Wildman–Crippen LogP) is 3.45. The molecule has 2 heteroatoms. The highest BCUT2D eigenvalue weighted by atomic mass is 14.9. The monoisotopic (exact) mass is 232 g/mol. The highest BCUT2D eigenvalue weighted by molar-refractivity contribution is 5.11. The van der Waals surface area contributed by atoms with Gasteiger partial charge in [-0.15, -0.1) is 0 Å². The second kappa shape index (κ2) is 5.63. The molecule has 1 heterocycles. The van der Waals surface area contributed by atoms with E-state index in [2.05, 4.69) is 36.3 Å². The predicted molar refractivity (Wildman–Crippen MR) is 71.9 cm³/mol. The van der Waals surface area contributed by atoms with Crippen LogP contribution in [0.25, 0.3) is 0 Å². The lowest BCUT2D eigenvalue weighted by molar-refractivity contribution is 0.207. The second-order valence-corrected chi connectivity index (χ2v) is 5.80. The first-order chi connectivity index (χ1) is 8.18. The Bertz CT molecular complexity index is 336. The zero-order chi connectivity index (χ0) is 12.1. The molecule has 0 bridgehead atoms. The molecule has 0 unspecified atom stereocenters. The Kier molecular flexibility index (Phi) is 4.16. The maximum Gasteiger partial charge on any atom is 0.0541 e. The Balaban J connectivity index is 1.77. The van der Waals surface area contributed by atoms with Crippen LogP contribution in [0.15, 0.2) is 18.3 Å². The molecule has 0 saturated heterocycles. The summed E-state index contributed by atoms with van der Waals surface area (Å²) in [5.41, 5.74) is 2.89. The molecule has 1 saturated carbocycles. The molecule has 2 rings (SSSR count). The van der Waals surface area contributed by atoms with E-state index in [1.54, 1.807) is 0 Å². The van der Waals surface area contributed by atoms with Gasteiger partial charge < -0.3 is 5.32 Å². The van der Waals surface area contributed by atoms with Crippen LogP contribution < -0.4 is 5.32 Å². The van der Waals surface area contributed by atoms with Crippen molar-refractivity contribution in [3.63, 3.8) is 0 Å². The molecular weight excluding hydrogens is 208 g/mol. The molecule has 0 aliphatic heterocycles. The van der Waals surface area contributed by atoms with Crippen molar-refractivity contribution in [1.82, 2.24) is 10.3 Å². The number of aryl methyl sites for hydroxylation is 1. The molecule has 1 aliphatic carbocycles. The largest absolute Gasteiger partial charge is 0.311 e. The van der Waals surface area contributed by atoms with Crippen LogP contribution in [0.1, 0.15) is 50.3 Å². The first-order valence-electron chi connectivity index (χ1n) is 6.80.